The molecule has 0 spiro atoms. The molecule has 0 aliphatic carbocycles. The van der Waals surface area contributed by atoms with Gasteiger partial charge in [0.1, 0.15) is 5.69 Å². The van der Waals surface area contributed by atoms with Crippen molar-refractivity contribution in [2.24, 2.45) is 0 Å². The molecule has 1 amide bonds. The van der Waals surface area contributed by atoms with Gasteiger partial charge in [0.25, 0.3) is 0 Å². The molecule has 0 bridgehead atoms. The van der Waals surface area contributed by atoms with Crippen LogP contribution in [0.3, 0.4) is 0 Å². The van der Waals surface area contributed by atoms with E-state index in [2.05, 4.69) is 20.1 Å². The Bertz CT molecular complexity index is 917. The Balaban J connectivity index is 1.36. The van der Waals surface area contributed by atoms with Crippen LogP contribution in [0.5, 0.6) is 0 Å². The summed E-state index contributed by atoms with van der Waals surface area (Å²) in [5.74, 6) is 1.46. The van der Waals surface area contributed by atoms with Crippen LogP contribution in [-0.2, 0) is 11.2 Å². The Morgan fingerprint density at radius 2 is 1.96 bits per heavy atom. The van der Waals surface area contributed by atoms with Crippen LogP contribution < -0.4 is 0 Å². The summed E-state index contributed by atoms with van der Waals surface area (Å²) in [6.45, 7) is 3.33. The van der Waals surface area contributed by atoms with Gasteiger partial charge in [0.2, 0.25) is 17.6 Å². The molecule has 7 heteroatoms. The van der Waals surface area contributed by atoms with Gasteiger partial charge in [-0.05, 0) is 43.5 Å². The molecular weight excluding hydrogens is 342 g/mol. The lowest BCUT2D eigenvalue weighted by Crippen LogP contribution is -2.39. The molecule has 0 N–H and O–H groups in total. The summed E-state index contributed by atoms with van der Waals surface area (Å²) in [5.41, 5.74) is 2.60. The number of piperidine rings is 1. The van der Waals surface area contributed by atoms with Gasteiger partial charge in [-0.15, -0.1) is 0 Å². The van der Waals surface area contributed by atoms with Gasteiger partial charge in [0, 0.05) is 37.1 Å². The molecule has 0 unspecified atom stereocenters. The van der Waals surface area contributed by atoms with Crippen LogP contribution in [0.1, 0.15) is 35.9 Å². The first-order valence-electron chi connectivity index (χ1n) is 9.14. The number of hydrogen-bond acceptors (Lipinski definition) is 6. The molecule has 4 rings (SSSR count). The third-order valence-corrected chi connectivity index (χ3v) is 4.99. The van der Waals surface area contributed by atoms with Crippen LogP contribution in [0.4, 0.5) is 0 Å². The SMILES string of the molecule is Cc1ncccc1CC(=O)N1CCC(c2nc(-c3ccccn3)no2)CC1. The monoisotopic (exact) mass is 363 g/mol. The maximum absolute atomic E-state index is 12.6. The summed E-state index contributed by atoms with van der Waals surface area (Å²) in [6, 6.07) is 9.44. The van der Waals surface area contributed by atoms with Crippen molar-refractivity contribution in [1.82, 2.24) is 25.0 Å². The van der Waals surface area contributed by atoms with Crippen LogP contribution in [0, 0.1) is 6.92 Å². The number of aryl methyl sites for hydroxylation is 1. The number of carbonyl (C=O) groups excluding carboxylic acids is 1. The van der Waals surface area contributed by atoms with Gasteiger partial charge in [0.05, 0.1) is 6.42 Å². The second kappa shape index (κ2) is 7.65. The normalized spacial score (nSPS) is 15.1. The van der Waals surface area contributed by atoms with Gasteiger partial charge >= 0.3 is 0 Å². The maximum atomic E-state index is 12.6. The minimum absolute atomic E-state index is 0.143. The molecular formula is C20H21N5O2. The number of pyridine rings is 2. The van der Waals surface area contributed by atoms with E-state index in [1.165, 1.54) is 0 Å². The summed E-state index contributed by atoms with van der Waals surface area (Å²) in [6.07, 6.45) is 5.50. The molecule has 0 atom stereocenters. The summed E-state index contributed by atoms with van der Waals surface area (Å²) in [7, 11) is 0. The average molecular weight is 363 g/mol. The number of likely N-dealkylation sites (tertiary alicyclic amines) is 1. The molecule has 1 aliphatic rings. The fraction of sp³-hybridized carbons (Fsp3) is 0.350. The van der Waals surface area contributed by atoms with E-state index in [9.17, 15) is 4.79 Å². The van der Waals surface area contributed by atoms with Gasteiger partial charge in [-0.1, -0.05) is 17.3 Å². The van der Waals surface area contributed by atoms with Gasteiger partial charge in [-0.3, -0.25) is 14.8 Å². The quantitative estimate of drug-likeness (QED) is 0.709. The number of amides is 1. The molecule has 138 valence electrons. The van der Waals surface area contributed by atoms with Gasteiger partial charge in [-0.25, -0.2) is 0 Å². The summed E-state index contributed by atoms with van der Waals surface area (Å²) in [4.78, 5) is 27.5. The van der Waals surface area contributed by atoms with E-state index >= 15 is 0 Å². The maximum Gasteiger partial charge on any atom is 0.230 e. The highest BCUT2D eigenvalue weighted by atomic mass is 16.5. The van der Waals surface area contributed by atoms with Crippen molar-refractivity contribution in [2.75, 3.05) is 13.1 Å². The lowest BCUT2D eigenvalue weighted by molar-refractivity contribution is -0.131. The number of hydrogen-bond donors (Lipinski definition) is 0. The second-order valence-corrected chi connectivity index (χ2v) is 6.75. The van der Waals surface area contributed by atoms with Crippen LogP contribution in [0.25, 0.3) is 11.5 Å². The van der Waals surface area contributed by atoms with Crippen molar-refractivity contribution in [3.05, 3.63) is 59.9 Å². The van der Waals surface area contributed by atoms with Crippen molar-refractivity contribution in [2.45, 2.75) is 32.1 Å². The largest absolute Gasteiger partial charge is 0.342 e. The lowest BCUT2D eigenvalue weighted by atomic mass is 9.96. The van der Waals surface area contributed by atoms with Crippen molar-refractivity contribution >= 4 is 5.91 Å². The Kier molecular flexibility index (Phi) is 4.91. The Morgan fingerprint density at radius 1 is 1.15 bits per heavy atom. The first-order valence-corrected chi connectivity index (χ1v) is 9.14. The van der Waals surface area contributed by atoms with Gasteiger partial charge in [-0.2, -0.15) is 4.98 Å². The molecule has 3 aromatic heterocycles. The van der Waals surface area contributed by atoms with Crippen molar-refractivity contribution in [1.29, 1.82) is 0 Å². The molecule has 3 aromatic rings. The summed E-state index contributed by atoms with van der Waals surface area (Å²) < 4.78 is 5.45. The predicted octanol–water partition coefficient (Wildman–Crippen LogP) is 2.78. The summed E-state index contributed by atoms with van der Waals surface area (Å²) >= 11 is 0. The molecule has 4 heterocycles. The zero-order chi connectivity index (χ0) is 18.6. The highest BCUT2D eigenvalue weighted by molar-refractivity contribution is 5.79. The van der Waals surface area contributed by atoms with E-state index in [1.807, 2.05) is 42.2 Å². The minimum Gasteiger partial charge on any atom is -0.342 e. The van der Waals surface area contributed by atoms with Crippen LogP contribution in [0.2, 0.25) is 0 Å². The van der Waals surface area contributed by atoms with Gasteiger partial charge < -0.3 is 9.42 Å². The predicted molar refractivity (Wildman–Crippen MR) is 98.8 cm³/mol. The van der Waals surface area contributed by atoms with E-state index < -0.39 is 0 Å². The molecule has 7 nitrogen and oxygen atoms in total. The van der Waals surface area contributed by atoms with E-state index in [0.717, 1.165) is 24.1 Å². The highest BCUT2D eigenvalue weighted by Gasteiger charge is 2.28. The Morgan fingerprint density at radius 3 is 2.70 bits per heavy atom. The van der Waals surface area contributed by atoms with Gasteiger partial charge in [0.15, 0.2) is 0 Å². The van der Waals surface area contributed by atoms with E-state index in [0.29, 0.717) is 36.9 Å². The third-order valence-electron chi connectivity index (χ3n) is 4.99. The molecule has 27 heavy (non-hydrogen) atoms. The minimum atomic E-state index is 0.143. The van der Waals surface area contributed by atoms with E-state index in [1.54, 1.807) is 12.4 Å². The second-order valence-electron chi connectivity index (χ2n) is 6.75. The number of rotatable bonds is 4. The molecule has 0 saturated carbocycles. The number of nitrogens with zero attached hydrogens (tertiary/aromatic N) is 5. The Hall–Kier alpha value is -3.09. The zero-order valence-corrected chi connectivity index (χ0v) is 15.2. The first-order chi connectivity index (χ1) is 13.2. The molecule has 1 fully saturated rings. The number of carbonyl (C=O) groups is 1. The summed E-state index contributed by atoms with van der Waals surface area (Å²) in [5, 5.41) is 4.05. The molecule has 0 aromatic carbocycles. The van der Waals surface area contributed by atoms with Crippen molar-refractivity contribution in [3.8, 4) is 11.5 Å². The zero-order valence-electron chi connectivity index (χ0n) is 15.2. The highest BCUT2D eigenvalue weighted by Crippen LogP contribution is 2.28. The van der Waals surface area contributed by atoms with Crippen molar-refractivity contribution in [3.63, 3.8) is 0 Å². The van der Waals surface area contributed by atoms with E-state index in [4.69, 9.17) is 4.52 Å². The molecule has 1 saturated heterocycles. The average Bonchev–Trinajstić information content (AvgIpc) is 3.21. The topological polar surface area (TPSA) is 85.0 Å². The third kappa shape index (κ3) is 3.86. The number of aromatic nitrogens is 4. The fourth-order valence-corrected chi connectivity index (χ4v) is 3.36. The van der Waals surface area contributed by atoms with Crippen molar-refractivity contribution < 1.29 is 9.32 Å². The Labute approximate surface area is 157 Å². The first kappa shape index (κ1) is 17.3. The van der Waals surface area contributed by atoms with E-state index in [-0.39, 0.29) is 11.8 Å². The molecule has 1 aliphatic heterocycles. The standard InChI is InChI=1S/C20H21N5O2/c1-14-16(5-4-10-21-14)13-18(26)25-11-7-15(8-12-25)20-23-19(24-27-20)17-6-2-3-9-22-17/h2-6,9-10,15H,7-8,11-13H2,1H3. The molecule has 0 radical (unpaired) electrons. The lowest BCUT2D eigenvalue weighted by Gasteiger charge is -2.30. The fourth-order valence-electron chi connectivity index (χ4n) is 3.36. The van der Waals surface area contributed by atoms with Crippen LogP contribution >= 0.6 is 0 Å². The van der Waals surface area contributed by atoms with Crippen LogP contribution in [-0.4, -0.2) is 44.0 Å². The smallest absolute Gasteiger partial charge is 0.230 e. The van der Waals surface area contributed by atoms with Crippen LogP contribution in [0.15, 0.2) is 47.2 Å².